The molecule has 9 nitrogen and oxygen atoms in total. The number of carbonyl (C=O) groups excluding carboxylic acids is 1. The number of hydrogen-bond acceptors (Lipinski definition) is 7. The lowest BCUT2D eigenvalue weighted by atomic mass is 9.83. The molecule has 0 fully saturated rings. The van der Waals surface area contributed by atoms with Crippen molar-refractivity contribution in [2.24, 2.45) is 0 Å². The highest BCUT2D eigenvalue weighted by atomic mass is 16.6. The lowest BCUT2D eigenvalue weighted by Crippen LogP contribution is -2.24. The van der Waals surface area contributed by atoms with E-state index in [2.05, 4.69) is 5.32 Å². The van der Waals surface area contributed by atoms with Crippen molar-refractivity contribution in [2.75, 3.05) is 33.8 Å². The summed E-state index contributed by atoms with van der Waals surface area (Å²) in [5, 5.41) is 14.5. The summed E-state index contributed by atoms with van der Waals surface area (Å²) in [4.78, 5) is 23.5. The van der Waals surface area contributed by atoms with E-state index >= 15 is 0 Å². The van der Waals surface area contributed by atoms with E-state index in [-0.39, 0.29) is 23.8 Å². The first kappa shape index (κ1) is 19.3. The Balaban J connectivity index is 2.25. The second-order valence-corrected chi connectivity index (χ2v) is 6.12. The topological polar surface area (TPSA) is 109 Å². The van der Waals surface area contributed by atoms with Crippen molar-refractivity contribution >= 4 is 17.3 Å². The van der Waals surface area contributed by atoms with Gasteiger partial charge in [-0.3, -0.25) is 14.9 Å². The first-order valence-electron chi connectivity index (χ1n) is 8.39. The van der Waals surface area contributed by atoms with Crippen molar-refractivity contribution < 1.29 is 28.7 Å². The van der Waals surface area contributed by atoms with Crippen molar-refractivity contribution in [2.45, 2.75) is 12.3 Å². The minimum atomic E-state index is -0.566. The van der Waals surface area contributed by atoms with Gasteiger partial charge in [0.15, 0.2) is 23.0 Å². The Morgan fingerprint density at radius 1 is 0.893 bits per heavy atom. The molecule has 2 aromatic carbocycles. The summed E-state index contributed by atoms with van der Waals surface area (Å²) in [7, 11) is 5.84. The van der Waals surface area contributed by atoms with Gasteiger partial charge in [0.25, 0.3) is 5.69 Å². The predicted octanol–water partition coefficient (Wildman–Crippen LogP) is 3.10. The Bertz CT molecular complexity index is 942. The number of nitrogens with one attached hydrogen (secondary N) is 1. The molecule has 1 N–H and O–H groups in total. The molecule has 0 saturated heterocycles. The molecule has 3 rings (SSSR count). The van der Waals surface area contributed by atoms with Crippen LogP contribution in [0, 0.1) is 10.1 Å². The van der Waals surface area contributed by atoms with Gasteiger partial charge in [-0.1, -0.05) is 0 Å². The number of benzene rings is 2. The van der Waals surface area contributed by atoms with Gasteiger partial charge in [-0.2, -0.15) is 0 Å². The van der Waals surface area contributed by atoms with E-state index in [4.69, 9.17) is 18.9 Å². The average molecular weight is 388 g/mol. The second kappa shape index (κ2) is 7.63. The summed E-state index contributed by atoms with van der Waals surface area (Å²) in [5.41, 5.74) is 1.40. The first-order chi connectivity index (χ1) is 13.4. The number of nitro benzene ring substituents is 1. The summed E-state index contributed by atoms with van der Waals surface area (Å²) in [6.45, 7) is 0. The highest BCUT2D eigenvalue weighted by molar-refractivity contribution is 5.96. The van der Waals surface area contributed by atoms with Gasteiger partial charge in [0.2, 0.25) is 5.91 Å². The summed E-state index contributed by atoms with van der Waals surface area (Å²) in [6, 6.07) is 6.21. The van der Waals surface area contributed by atoms with Gasteiger partial charge < -0.3 is 24.3 Å². The molecule has 1 heterocycles. The molecule has 0 radical (unpaired) electrons. The maximum atomic E-state index is 12.3. The number of rotatable bonds is 6. The number of amides is 1. The molecule has 1 atom stereocenters. The smallest absolute Gasteiger partial charge is 0.277 e. The van der Waals surface area contributed by atoms with Crippen LogP contribution in [0.3, 0.4) is 0 Å². The predicted molar refractivity (Wildman–Crippen MR) is 101 cm³/mol. The zero-order chi connectivity index (χ0) is 20.4. The third-order valence-corrected chi connectivity index (χ3v) is 4.70. The monoisotopic (exact) mass is 388 g/mol. The summed E-state index contributed by atoms with van der Waals surface area (Å²) in [6.07, 6.45) is 0.0405. The molecule has 0 spiro atoms. The van der Waals surface area contributed by atoms with E-state index in [0.29, 0.717) is 34.1 Å². The molecule has 0 saturated carbocycles. The Morgan fingerprint density at radius 3 is 1.93 bits per heavy atom. The van der Waals surface area contributed by atoms with E-state index in [0.717, 1.165) is 0 Å². The highest BCUT2D eigenvalue weighted by Gasteiger charge is 2.34. The minimum absolute atomic E-state index is 0.0405. The number of carbonyl (C=O) groups is 1. The second-order valence-electron chi connectivity index (χ2n) is 6.12. The largest absolute Gasteiger partial charge is 0.493 e. The van der Waals surface area contributed by atoms with Crippen molar-refractivity contribution in [1.29, 1.82) is 0 Å². The summed E-state index contributed by atoms with van der Waals surface area (Å²) < 4.78 is 21.1. The van der Waals surface area contributed by atoms with Gasteiger partial charge in [0.1, 0.15) is 0 Å². The highest BCUT2D eigenvalue weighted by Crippen LogP contribution is 2.47. The molecule has 0 aliphatic carbocycles. The van der Waals surface area contributed by atoms with E-state index in [1.54, 1.807) is 18.2 Å². The molecule has 9 heteroatoms. The summed E-state index contributed by atoms with van der Waals surface area (Å²) in [5.74, 6) is 0.675. The molecular formula is C19H20N2O7. The van der Waals surface area contributed by atoms with Crippen LogP contribution in [-0.2, 0) is 4.79 Å². The average Bonchev–Trinajstić information content (AvgIpc) is 2.70. The van der Waals surface area contributed by atoms with E-state index in [9.17, 15) is 14.9 Å². The standard InChI is InChI=1S/C19H20N2O7/c1-25-15-5-11-10(7-19(22)20-13(11)8-17(15)27-3)12-6-16(26-2)18(28-4)9-14(12)21(23)24/h5-6,8-10H,7H2,1-4H3,(H,20,22)/t10-/m1/s1. The molecular weight excluding hydrogens is 368 g/mol. The number of nitro groups is 1. The molecule has 0 aromatic heterocycles. The van der Waals surface area contributed by atoms with E-state index in [1.807, 2.05) is 0 Å². The van der Waals surface area contributed by atoms with E-state index < -0.39 is 10.8 Å². The van der Waals surface area contributed by atoms with Gasteiger partial charge >= 0.3 is 0 Å². The van der Waals surface area contributed by atoms with Crippen LogP contribution in [0.15, 0.2) is 24.3 Å². The molecule has 148 valence electrons. The van der Waals surface area contributed by atoms with Crippen LogP contribution < -0.4 is 24.3 Å². The third-order valence-electron chi connectivity index (χ3n) is 4.70. The third kappa shape index (κ3) is 3.26. The SMILES string of the molecule is COc1cc2c(cc1OC)[C@H](c1cc(OC)c(OC)cc1[N+](=O)[O-])CC(=O)N2. The van der Waals surface area contributed by atoms with Gasteiger partial charge in [-0.05, 0) is 17.7 Å². The van der Waals surface area contributed by atoms with Crippen molar-refractivity contribution in [1.82, 2.24) is 0 Å². The fourth-order valence-electron chi connectivity index (χ4n) is 3.39. The molecule has 28 heavy (non-hydrogen) atoms. The first-order valence-corrected chi connectivity index (χ1v) is 8.39. The van der Waals surface area contributed by atoms with Crippen LogP contribution in [0.5, 0.6) is 23.0 Å². The minimum Gasteiger partial charge on any atom is -0.493 e. The Kier molecular flexibility index (Phi) is 5.25. The molecule has 1 aliphatic rings. The number of fused-ring (bicyclic) bond motifs is 1. The maximum Gasteiger partial charge on any atom is 0.277 e. The number of anilines is 1. The Morgan fingerprint density at radius 2 is 1.39 bits per heavy atom. The van der Waals surface area contributed by atoms with Crippen LogP contribution in [0.1, 0.15) is 23.5 Å². The van der Waals surface area contributed by atoms with Gasteiger partial charge in [-0.25, -0.2) is 0 Å². The molecule has 1 aliphatic heterocycles. The lowest BCUT2D eigenvalue weighted by Gasteiger charge is -2.27. The van der Waals surface area contributed by atoms with Crippen LogP contribution in [0.25, 0.3) is 0 Å². The maximum absolute atomic E-state index is 12.3. The fourth-order valence-corrected chi connectivity index (χ4v) is 3.39. The van der Waals surface area contributed by atoms with Crippen LogP contribution >= 0.6 is 0 Å². The zero-order valence-corrected chi connectivity index (χ0v) is 15.9. The van der Waals surface area contributed by atoms with Crippen LogP contribution in [0.2, 0.25) is 0 Å². The Labute approximate surface area is 161 Å². The zero-order valence-electron chi connectivity index (χ0n) is 15.9. The van der Waals surface area contributed by atoms with Gasteiger partial charge in [0, 0.05) is 29.7 Å². The fraction of sp³-hybridized carbons (Fsp3) is 0.316. The number of ether oxygens (including phenoxy) is 4. The molecule has 0 unspecified atom stereocenters. The van der Waals surface area contributed by atoms with Crippen LogP contribution in [-0.4, -0.2) is 39.3 Å². The number of nitrogens with zero attached hydrogens (tertiary/aromatic N) is 1. The summed E-state index contributed by atoms with van der Waals surface area (Å²) >= 11 is 0. The molecule has 1 amide bonds. The molecule has 0 bridgehead atoms. The number of methoxy groups -OCH3 is 4. The van der Waals surface area contributed by atoms with Gasteiger partial charge in [-0.15, -0.1) is 0 Å². The normalized spacial score (nSPS) is 15.3. The molecule has 2 aromatic rings. The van der Waals surface area contributed by atoms with Crippen molar-refractivity contribution in [3.63, 3.8) is 0 Å². The quantitative estimate of drug-likeness (QED) is 0.598. The van der Waals surface area contributed by atoms with Gasteiger partial charge in [0.05, 0.1) is 39.4 Å². The Hall–Kier alpha value is -3.49. The van der Waals surface area contributed by atoms with Crippen LogP contribution in [0.4, 0.5) is 11.4 Å². The van der Waals surface area contributed by atoms with E-state index in [1.165, 1.54) is 34.5 Å². The van der Waals surface area contributed by atoms with Crippen molar-refractivity contribution in [3.05, 3.63) is 45.5 Å². The number of hydrogen-bond donors (Lipinski definition) is 1. The van der Waals surface area contributed by atoms with Crippen molar-refractivity contribution in [3.8, 4) is 23.0 Å². The lowest BCUT2D eigenvalue weighted by molar-refractivity contribution is -0.385.